The molecule has 0 atom stereocenters. The smallest absolute Gasteiger partial charge is 0.152 e. The molecule has 0 aromatic carbocycles. The van der Waals surface area contributed by atoms with Crippen molar-refractivity contribution in [1.82, 2.24) is 0 Å². The van der Waals surface area contributed by atoms with Crippen LogP contribution >= 0.6 is 0 Å². The Morgan fingerprint density at radius 3 is 1.80 bits per heavy atom. The molecule has 0 saturated carbocycles. The molecule has 32 valence electrons. The zero-order valence-corrected chi connectivity index (χ0v) is 2.68. The number of alkyl halides is 1. The van der Waals surface area contributed by atoms with Crippen LogP contribution in [0.5, 0.6) is 0 Å². The summed E-state index contributed by atoms with van der Waals surface area (Å²) in [4.78, 5) is 8.11. The van der Waals surface area contributed by atoms with Gasteiger partial charge in [0, 0.05) is 0 Å². The summed E-state index contributed by atoms with van der Waals surface area (Å²) in [5, 5.41) is 7.89. The maximum absolute atomic E-state index is 9.50. The predicted octanol–water partition coefficient (Wildman–Crippen LogP) is 0.728. The Morgan fingerprint density at radius 2 is 1.80 bits per heavy atom. The molecule has 3 nitrogen and oxygen atoms in total. The van der Waals surface area contributed by atoms with Crippen molar-refractivity contribution in [3.63, 3.8) is 0 Å². The van der Waals surface area contributed by atoms with Crippen LogP contribution < -0.4 is 0 Å². The number of hydrogen-bond acceptors (Lipinski definition) is 2. The first-order chi connectivity index (χ1) is 2.41. The minimum absolute atomic E-state index is 0.500. The molecule has 0 bridgehead atoms. The van der Waals surface area contributed by atoms with E-state index in [1.807, 2.05) is 0 Å². The molecule has 0 aliphatic carbocycles. The van der Waals surface area contributed by atoms with E-state index in [-0.39, 0.29) is 0 Å². The Kier molecular flexibility index (Phi) is 294. The van der Waals surface area contributed by atoms with Gasteiger partial charge in [-0.2, -0.15) is 0 Å². The highest BCUT2D eigenvalue weighted by Crippen LogP contribution is 1.25. The molecule has 4 heteroatoms. The van der Waals surface area contributed by atoms with E-state index < -0.39 is 0 Å². The molecule has 0 radical (unpaired) electrons. The van der Waals surface area contributed by atoms with E-state index in [1.54, 1.807) is 0 Å². The van der Waals surface area contributed by atoms with Crippen LogP contribution in [0.25, 0.3) is 0 Å². The first-order valence-electron chi connectivity index (χ1n) is 0.761. The molecule has 1 N–H and O–H groups in total. The largest absolute Gasteiger partial charge is 0.379 e. The first kappa shape index (κ1) is 8.84. The number of nitrogens with zero attached hydrogens (tertiary/aromatic N) is 1. The lowest BCUT2D eigenvalue weighted by molar-refractivity contribution is 0.312. The van der Waals surface area contributed by atoms with Gasteiger partial charge in [-0.1, -0.05) is 0 Å². The van der Waals surface area contributed by atoms with E-state index in [1.165, 1.54) is 5.34 Å². The lowest BCUT2D eigenvalue weighted by Gasteiger charge is -1.32. The van der Waals surface area contributed by atoms with Crippen LogP contribution in [0.2, 0.25) is 0 Å². The lowest BCUT2D eigenvalue weighted by Crippen LogP contribution is -1.25. The average Bonchev–Trinajstić information content (AvgIpc) is 1.46. The fourth-order valence-electron chi connectivity index (χ4n) is 0. The lowest BCUT2D eigenvalue weighted by atomic mass is 11.9. The maximum Gasteiger partial charge on any atom is 0.152 e. The summed E-state index contributed by atoms with van der Waals surface area (Å²) < 4.78 is 9.50. The standard InChI is InChI=1S/CH3F.HNO2/c1-2;2-1-3/h1H3;(H,2,3). The van der Waals surface area contributed by atoms with E-state index in [0.717, 1.165) is 0 Å². The van der Waals surface area contributed by atoms with Crippen molar-refractivity contribution in [1.29, 1.82) is 0 Å². The van der Waals surface area contributed by atoms with Gasteiger partial charge in [-0.15, -0.1) is 4.91 Å². The van der Waals surface area contributed by atoms with Gasteiger partial charge in [0.2, 0.25) is 0 Å². The summed E-state index contributed by atoms with van der Waals surface area (Å²) in [6, 6.07) is 0. The van der Waals surface area contributed by atoms with Gasteiger partial charge in [0.25, 0.3) is 0 Å². The van der Waals surface area contributed by atoms with Gasteiger partial charge < -0.3 is 5.21 Å². The first-order valence-corrected chi connectivity index (χ1v) is 0.761. The summed E-state index contributed by atoms with van der Waals surface area (Å²) in [7, 11) is 0.500. The third-order valence-corrected chi connectivity index (χ3v) is 0. The third-order valence-electron chi connectivity index (χ3n) is 0. The third kappa shape index (κ3) is 13.1. The minimum Gasteiger partial charge on any atom is -0.379 e. The number of halogens is 1. The second kappa shape index (κ2) is 166. The molecule has 5 heavy (non-hydrogen) atoms. The van der Waals surface area contributed by atoms with Gasteiger partial charge in [-0.25, -0.2) is 0 Å². The van der Waals surface area contributed by atoms with Crippen LogP contribution in [-0.4, -0.2) is 12.4 Å². The highest BCUT2D eigenvalue weighted by molar-refractivity contribution is 3.83. The van der Waals surface area contributed by atoms with Gasteiger partial charge in [-0.3, -0.25) is 4.39 Å². The van der Waals surface area contributed by atoms with E-state index in [2.05, 4.69) is 0 Å². The highest BCUT2D eigenvalue weighted by Gasteiger charge is 1.18. The van der Waals surface area contributed by atoms with Crippen LogP contribution in [0.3, 0.4) is 0 Å². The molecule has 0 aliphatic rings. The molecule has 0 aromatic heterocycles. The van der Waals surface area contributed by atoms with Crippen LogP contribution in [-0.2, 0) is 0 Å². The van der Waals surface area contributed by atoms with Crippen molar-refractivity contribution < 1.29 is 9.60 Å². The number of rotatable bonds is 0. The monoisotopic (exact) mass is 81.0 g/mol. The molecular weight excluding hydrogens is 77.0 g/mol. The summed E-state index contributed by atoms with van der Waals surface area (Å²) >= 11 is 0. The quantitative estimate of drug-likeness (QED) is 0.345. The molecule has 0 spiro atoms. The van der Waals surface area contributed by atoms with Gasteiger partial charge in [0.1, 0.15) is 0 Å². The zero-order chi connectivity index (χ0) is 4.71. The molecule has 0 unspecified atom stereocenters. The molecule has 0 aromatic rings. The molecule has 0 aliphatic heterocycles. The summed E-state index contributed by atoms with van der Waals surface area (Å²) in [6.07, 6.45) is 0. The number of hydrogen-bond donors (Lipinski definition) is 1. The maximum atomic E-state index is 9.50. The normalized spacial score (nSPS) is 3.60. The fourth-order valence-corrected chi connectivity index (χ4v) is 0. The van der Waals surface area contributed by atoms with Crippen molar-refractivity contribution in [3.8, 4) is 0 Å². The Balaban J connectivity index is 0. The van der Waals surface area contributed by atoms with Crippen LogP contribution in [0, 0.1) is 4.91 Å². The topological polar surface area (TPSA) is 49.7 Å². The molecule has 0 rings (SSSR count). The zero-order valence-electron chi connectivity index (χ0n) is 2.68. The van der Waals surface area contributed by atoms with Crippen LogP contribution in [0.15, 0.2) is 5.34 Å². The predicted molar refractivity (Wildman–Crippen MR) is 14.6 cm³/mol. The second-order valence-corrected chi connectivity index (χ2v) is 0.0816. The van der Waals surface area contributed by atoms with E-state index in [9.17, 15) is 4.39 Å². The molecular formula is CH4FNO2. The van der Waals surface area contributed by atoms with Crippen LogP contribution in [0.4, 0.5) is 4.39 Å². The fraction of sp³-hybridized carbons (Fsp3) is 1.00. The Hall–Kier alpha value is -0.670. The summed E-state index contributed by atoms with van der Waals surface area (Å²) in [5.41, 5.74) is 0. The Bertz CT molecular complexity index is 17.1. The van der Waals surface area contributed by atoms with Gasteiger partial charge in [-0.05, 0) is 0 Å². The van der Waals surface area contributed by atoms with Crippen molar-refractivity contribution in [2.24, 2.45) is 5.34 Å². The van der Waals surface area contributed by atoms with Crippen molar-refractivity contribution in [2.45, 2.75) is 0 Å². The van der Waals surface area contributed by atoms with E-state index in [4.69, 9.17) is 10.1 Å². The van der Waals surface area contributed by atoms with E-state index in [0.29, 0.717) is 7.18 Å². The van der Waals surface area contributed by atoms with Crippen molar-refractivity contribution in [3.05, 3.63) is 4.91 Å². The SMILES string of the molecule is CF.O=NO. The van der Waals surface area contributed by atoms with Crippen molar-refractivity contribution in [2.75, 3.05) is 7.18 Å². The van der Waals surface area contributed by atoms with E-state index >= 15 is 0 Å². The molecule has 0 saturated heterocycles. The average molecular weight is 81.0 g/mol. The van der Waals surface area contributed by atoms with Crippen LogP contribution in [0.1, 0.15) is 0 Å². The van der Waals surface area contributed by atoms with Gasteiger partial charge in [0.05, 0.1) is 7.18 Å². The highest BCUT2D eigenvalue weighted by atomic mass is 19.1. The molecule has 0 heterocycles. The van der Waals surface area contributed by atoms with Gasteiger partial charge in [0.15, 0.2) is 5.34 Å². The Morgan fingerprint density at radius 1 is 1.80 bits per heavy atom. The summed E-state index contributed by atoms with van der Waals surface area (Å²) in [5.74, 6) is 0. The second-order valence-electron chi connectivity index (χ2n) is 0.0816. The Labute approximate surface area is 28.4 Å². The molecule has 0 fully saturated rings. The summed E-state index contributed by atoms with van der Waals surface area (Å²) in [6.45, 7) is 0. The minimum atomic E-state index is 0.500. The van der Waals surface area contributed by atoms with Gasteiger partial charge >= 0.3 is 0 Å². The molecule has 0 amide bonds. The van der Waals surface area contributed by atoms with Crippen molar-refractivity contribution >= 4 is 0 Å².